The van der Waals surface area contributed by atoms with Crippen LogP contribution in [0.5, 0.6) is 0 Å². The molecule has 1 aliphatic heterocycles. The van der Waals surface area contributed by atoms with E-state index in [-0.39, 0.29) is 18.3 Å². The molecule has 0 saturated carbocycles. The van der Waals surface area contributed by atoms with Crippen molar-refractivity contribution < 1.29 is 4.79 Å². The Morgan fingerprint density at radius 1 is 1.13 bits per heavy atom. The molecule has 0 radical (unpaired) electrons. The third-order valence-corrected chi connectivity index (χ3v) is 4.83. The number of carbonyl (C=O) groups is 1. The zero-order chi connectivity index (χ0) is 15.4. The van der Waals surface area contributed by atoms with E-state index in [2.05, 4.69) is 24.4 Å². The van der Waals surface area contributed by atoms with Crippen molar-refractivity contribution in [3.8, 4) is 0 Å². The van der Waals surface area contributed by atoms with Crippen LogP contribution in [0, 0.1) is 0 Å². The van der Waals surface area contributed by atoms with Crippen LogP contribution in [0.1, 0.15) is 17.3 Å². The fourth-order valence-electron chi connectivity index (χ4n) is 2.63. The van der Waals surface area contributed by atoms with Crippen LogP contribution in [-0.4, -0.2) is 36.5 Å². The fourth-order valence-corrected chi connectivity index (χ4v) is 3.59. The highest BCUT2D eigenvalue weighted by atomic mass is 35.5. The quantitative estimate of drug-likeness (QED) is 0.918. The second-order valence-electron chi connectivity index (χ2n) is 5.52. The van der Waals surface area contributed by atoms with Gasteiger partial charge in [0.25, 0.3) is 5.91 Å². The lowest BCUT2D eigenvalue weighted by atomic mass is 10.1. The predicted molar refractivity (Wildman–Crippen MR) is 97.6 cm³/mol. The largest absolute Gasteiger partial charge is 0.336 e. The van der Waals surface area contributed by atoms with E-state index in [1.54, 1.807) is 11.8 Å². The summed E-state index contributed by atoms with van der Waals surface area (Å²) < 4.78 is 0. The number of carbonyl (C=O) groups excluding carboxylic acids is 1. The summed E-state index contributed by atoms with van der Waals surface area (Å²) in [5.41, 5.74) is 0.797. The molecule has 2 aromatic rings. The molecule has 1 N–H and O–H groups in total. The SMILES string of the molecule is CC1CN(C(=O)c2ccccc2Sc2ccccc2)CCN1.Cl. The number of hydrogen-bond acceptors (Lipinski definition) is 3. The van der Waals surface area contributed by atoms with E-state index in [1.807, 2.05) is 47.4 Å². The number of hydrogen-bond donors (Lipinski definition) is 1. The highest BCUT2D eigenvalue weighted by Crippen LogP contribution is 2.30. The van der Waals surface area contributed by atoms with Crippen LogP contribution in [0.3, 0.4) is 0 Å². The van der Waals surface area contributed by atoms with Gasteiger partial charge in [0.05, 0.1) is 5.56 Å². The first-order valence-electron chi connectivity index (χ1n) is 7.58. The van der Waals surface area contributed by atoms with E-state index in [0.29, 0.717) is 6.04 Å². The second kappa shape index (κ2) is 8.39. The molecule has 0 aliphatic carbocycles. The third kappa shape index (κ3) is 4.50. The molecule has 23 heavy (non-hydrogen) atoms. The van der Waals surface area contributed by atoms with Gasteiger partial charge in [-0.05, 0) is 31.2 Å². The van der Waals surface area contributed by atoms with Crippen LogP contribution >= 0.6 is 24.2 Å². The van der Waals surface area contributed by atoms with Crippen molar-refractivity contribution in [3.63, 3.8) is 0 Å². The van der Waals surface area contributed by atoms with Gasteiger partial charge >= 0.3 is 0 Å². The minimum atomic E-state index is 0. The average Bonchev–Trinajstić information content (AvgIpc) is 2.56. The van der Waals surface area contributed by atoms with Crippen molar-refractivity contribution in [3.05, 3.63) is 60.2 Å². The Kier molecular flexibility index (Phi) is 6.51. The van der Waals surface area contributed by atoms with Gasteiger partial charge in [-0.3, -0.25) is 4.79 Å². The molecule has 5 heteroatoms. The first-order chi connectivity index (χ1) is 10.7. The van der Waals surface area contributed by atoms with Crippen molar-refractivity contribution in [1.82, 2.24) is 10.2 Å². The highest BCUT2D eigenvalue weighted by Gasteiger charge is 2.23. The van der Waals surface area contributed by atoms with Crippen LogP contribution in [0.4, 0.5) is 0 Å². The van der Waals surface area contributed by atoms with Crippen molar-refractivity contribution >= 4 is 30.1 Å². The zero-order valence-electron chi connectivity index (χ0n) is 13.1. The normalized spacial score (nSPS) is 17.4. The number of piperazine rings is 1. The van der Waals surface area contributed by atoms with E-state index in [0.717, 1.165) is 35.0 Å². The van der Waals surface area contributed by atoms with Gasteiger partial charge in [0.1, 0.15) is 0 Å². The minimum Gasteiger partial charge on any atom is -0.336 e. The standard InChI is InChI=1S/C18H20N2OS.ClH/c1-14-13-20(12-11-19-14)18(21)16-9-5-6-10-17(16)22-15-7-3-2-4-8-15;/h2-10,14,19H,11-13H2,1H3;1H. The molecular weight excluding hydrogens is 328 g/mol. The molecule has 0 aromatic heterocycles. The van der Waals surface area contributed by atoms with Gasteiger partial charge in [-0.2, -0.15) is 0 Å². The highest BCUT2D eigenvalue weighted by molar-refractivity contribution is 7.99. The molecule has 2 aromatic carbocycles. The summed E-state index contributed by atoms with van der Waals surface area (Å²) in [6.45, 7) is 4.52. The summed E-state index contributed by atoms with van der Waals surface area (Å²) >= 11 is 1.64. The van der Waals surface area contributed by atoms with Crippen molar-refractivity contribution in [2.75, 3.05) is 19.6 Å². The smallest absolute Gasteiger partial charge is 0.255 e. The second-order valence-corrected chi connectivity index (χ2v) is 6.63. The zero-order valence-corrected chi connectivity index (χ0v) is 14.7. The molecule has 1 heterocycles. The Bertz CT molecular complexity index is 650. The average molecular weight is 349 g/mol. The van der Waals surface area contributed by atoms with Gasteiger partial charge in [0.2, 0.25) is 0 Å². The van der Waals surface area contributed by atoms with Crippen LogP contribution in [0.15, 0.2) is 64.4 Å². The van der Waals surface area contributed by atoms with Crippen LogP contribution in [-0.2, 0) is 0 Å². The number of halogens is 1. The number of nitrogens with zero attached hydrogens (tertiary/aromatic N) is 1. The van der Waals surface area contributed by atoms with Gasteiger partial charge in [0, 0.05) is 35.5 Å². The molecule has 3 nitrogen and oxygen atoms in total. The Balaban J connectivity index is 0.00000192. The molecule has 0 spiro atoms. The summed E-state index contributed by atoms with van der Waals surface area (Å²) in [5.74, 6) is 0.132. The van der Waals surface area contributed by atoms with Crippen LogP contribution in [0.25, 0.3) is 0 Å². The monoisotopic (exact) mass is 348 g/mol. The fraction of sp³-hybridized carbons (Fsp3) is 0.278. The number of benzene rings is 2. The Labute approximate surface area is 147 Å². The molecule has 0 bridgehead atoms. The first kappa shape index (κ1) is 17.9. The van der Waals surface area contributed by atoms with Crippen molar-refractivity contribution in [2.45, 2.75) is 22.8 Å². The molecular formula is C18H21ClN2OS. The summed E-state index contributed by atoms with van der Waals surface area (Å²) in [5, 5.41) is 3.37. The molecule has 3 rings (SSSR count). The van der Waals surface area contributed by atoms with Crippen molar-refractivity contribution in [1.29, 1.82) is 0 Å². The first-order valence-corrected chi connectivity index (χ1v) is 8.40. The Morgan fingerprint density at radius 3 is 2.57 bits per heavy atom. The molecule has 1 unspecified atom stereocenters. The lowest BCUT2D eigenvalue weighted by Crippen LogP contribution is -2.51. The number of amides is 1. The van der Waals surface area contributed by atoms with Gasteiger partial charge < -0.3 is 10.2 Å². The van der Waals surface area contributed by atoms with Gasteiger partial charge in [-0.25, -0.2) is 0 Å². The molecule has 1 fully saturated rings. The number of nitrogens with one attached hydrogen (secondary N) is 1. The number of rotatable bonds is 3. The maximum atomic E-state index is 12.8. The molecule has 1 amide bonds. The van der Waals surface area contributed by atoms with Gasteiger partial charge in [-0.15, -0.1) is 12.4 Å². The predicted octanol–water partition coefficient (Wildman–Crippen LogP) is 3.69. The molecule has 1 aliphatic rings. The van der Waals surface area contributed by atoms with E-state index in [4.69, 9.17) is 0 Å². The third-order valence-electron chi connectivity index (χ3n) is 3.74. The Hall–Kier alpha value is -1.49. The maximum absolute atomic E-state index is 12.8. The van der Waals surface area contributed by atoms with E-state index in [9.17, 15) is 4.79 Å². The summed E-state index contributed by atoms with van der Waals surface area (Å²) in [7, 11) is 0. The lowest BCUT2D eigenvalue weighted by molar-refractivity contribution is 0.0705. The van der Waals surface area contributed by atoms with E-state index in [1.165, 1.54) is 0 Å². The lowest BCUT2D eigenvalue weighted by Gasteiger charge is -2.32. The van der Waals surface area contributed by atoms with Gasteiger partial charge in [0.15, 0.2) is 0 Å². The molecule has 1 saturated heterocycles. The maximum Gasteiger partial charge on any atom is 0.255 e. The van der Waals surface area contributed by atoms with Crippen LogP contribution in [0.2, 0.25) is 0 Å². The summed E-state index contributed by atoms with van der Waals surface area (Å²) in [6.07, 6.45) is 0. The Morgan fingerprint density at radius 2 is 1.83 bits per heavy atom. The minimum absolute atomic E-state index is 0. The van der Waals surface area contributed by atoms with Crippen LogP contribution < -0.4 is 5.32 Å². The van der Waals surface area contributed by atoms with E-state index < -0.39 is 0 Å². The summed E-state index contributed by atoms with van der Waals surface area (Å²) in [6, 6.07) is 18.4. The van der Waals surface area contributed by atoms with E-state index >= 15 is 0 Å². The molecule has 122 valence electrons. The molecule has 1 atom stereocenters. The summed E-state index contributed by atoms with van der Waals surface area (Å²) in [4.78, 5) is 17.0. The topological polar surface area (TPSA) is 32.3 Å². The van der Waals surface area contributed by atoms with Gasteiger partial charge in [-0.1, -0.05) is 42.1 Å². The van der Waals surface area contributed by atoms with Crippen molar-refractivity contribution in [2.24, 2.45) is 0 Å².